The highest BCUT2D eigenvalue weighted by molar-refractivity contribution is 7.15. The highest BCUT2D eigenvalue weighted by Crippen LogP contribution is 2.43. The zero-order valence-electron chi connectivity index (χ0n) is 22.6. The molecule has 2 atom stereocenters. The molecule has 12 heteroatoms. The zero-order chi connectivity index (χ0) is 28.5. The van der Waals surface area contributed by atoms with Gasteiger partial charge in [0.1, 0.15) is 10.0 Å². The molecule has 0 radical (unpaired) electrons. The summed E-state index contributed by atoms with van der Waals surface area (Å²) < 4.78 is 0. The second-order valence-electron chi connectivity index (χ2n) is 10.6. The number of rotatable bonds is 8. The molecule has 6 aromatic rings. The van der Waals surface area contributed by atoms with E-state index in [4.69, 9.17) is 0 Å². The SMILES string of the molecule is O=C(Cc1cccc2[nH]ccc12)Nc1nnc([C@@H]2CCC[C@@H](c3nnc(NC(=O)Cc4cccc5[nH]ccc45)s3)C2)s1. The van der Waals surface area contributed by atoms with Crippen LogP contribution in [0.3, 0.4) is 0 Å². The maximum atomic E-state index is 12.8. The molecule has 0 bridgehead atoms. The summed E-state index contributed by atoms with van der Waals surface area (Å²) in [6.45, 7) is 0. The quantitative estimate of drug-likeness (QED) is 0.166. The fourth-order valence-electron chi connectivity index (χ4n) is 5.82. The van der Waals surface area contributed by atoms with E-state index in [1.165, 1.54) is 22.7 Å². The van der Waals surface area contributed by atoms with Crippen molar-refractivity contribution in [1.29, 1.82) is 0 Å². The maximum absolute atomic E-state index is 12.8. The van der Waals surface area contributed by atoms with E-state index >= 15 is 0 Å². The molecule has 0 saturated heterocycles. The molecule has 1 fully saturated rings. The third kappa shape index (κ3) is 5.55. The highest BCUT2D eigenvalue weighted by atomic mass is 32.1. The first-order valence-electron chi connectivity index (χ1n) is 14.0. The summed E-state index contributed by atoms with van der Waals surface area (Å²) in [6.07, 6.45) is 8.26. The van der Waals surface area contributed by atoms with Crippen molar-refractivity contribution in [2.24, 2.45) is 0 Å². The molecule has 0 unspecified atom stereocenters. The van der Waals surface area contributed by atoms with Crippen molar-refractivity contribution in [3.05, 3.63) is 82.1 Å². The Morgan fingerprint density at radius 3 is 1.71 bits per heavy atom. The Morgan fingerprint density at radius 2 is 1.21 bits per heavy atom. The molecule has 2 aromatic carbocycles. The van der Waals surface area contributed by atoms with Gasteiger partial charge < -0.3 is 20.6 Å². The van der Waals surface area contributed by atoms with Gasteiger partial charge in [-0.05, 0) is 54.7 Å². The van der Waals surface area contributed by atoms with Crippen molar-refractivity contribution < 1.29 is 9.59 Å². The second kappa shape index (κ2) is 11.5. The van der Waals surface area contributed by atoms with Gasteiger partial charge in [0.15, 0.2) is 0 Å². The number of carbonyl (C=O) groups excluding carboxylic acids is 2. The Balaban J connectivity index is 0.954. The maximum Gasteiger partial charge on any atom is 0.230 e. The average molecular weight is 597 g/mol. The molecule has 4 N–H and O–H groups in total. The van der Waals surface area contributed by atoms with Gasteiger partial charge in [-0.1, -0.05) is 53.4 Å². The van der Waals surface area contributed by atoms with Crippen LogP contribution in [0.25, 0.3) is 21.8 Å². The van der Waals surface area contributed by atoms with Crippen LogP contribution in [0.2, 0.25) is 0 Å². The zero-order valence-corrected chi connectivity index (χ0v) is 24.2. The number of nitrogens with one attached hydrogen (secondary N) is 4. The summed E-state index contributed by atoms with van der Waals surface area (Å²) in [4.78, 5) is 31.9. The lowest BCUT2D eigenvalue weighted by Crippen LogP contribution is -2.14. The van der Waals surface area contributed by atoms with Crippen molar-refractivity contribution in [2.75, 3.05) is 10.6 Å². The normalized spacial score (nSPS) is 17.0. The van der Waals surface area contributed by atoms with Crippen molar-refractivity contribution >= 4 is 66.6 Å². The van der Waals surface area contributed by atoms with Crippen molar-refractivity contribution in [1.82, 2.24) is 30.4 Å². The lowest BCUT2D eigenvalue weighted by Gasteiger charge is -2.25. The number of fused-ring (bicyclic) bond motifs is 2. The number of H-pyrrole nitrogens is 2. The van der Waals surface area contributed by atoms with Crippen LogP contribution in [0.1, 0.15) is 58.7 Å². The van der Waals surface area contributed by atoms with E-state index in [1.54, 1.807) is 0 Å². The molecule has 212 valence electrons. The van der Waals surface area contributed by atoms with Crippen molar-refractivity contribution in [3.63, 3.8) is 0 Å². The van der Waals surface area contributed by atoms with E-state index in [0.717, 1.165) is 68.6 Å². The third-order valence-corrected chi connectivity index (χ3v) is 9.82. The number of hydrogen-bond acceptors (Lipinski definition) is 8. The minimum Gasteiger partial charge on any atom is -0.361 e. The Kier molecular flexibility index (Phi) is 7.22. The predicted molar refractivity (Wildman–Crippen MR) is 165 cm³/mol. The molecule has 42 heavy (non-hydrogen) atoms. The van der Waals surface area contributed by atoms with Gasteiger partial charge in [-0.15, -0.1) is 20.4 Å². The van der Waals surface area contributed by atoms with Crippen LogP contribution in [0.4, 0.5) is 10.3 Å². The van der Waals surface area contributed by atoms with Gasteiger partial charge in [-0.25, -0.2) is 0 Å². The monoisotopic (exact) mass is 596 g/mol. The molecule has 2 amide bonds. The van der Waals surface area contributed by atoms with Gasteiger partial charge in [0.25, 0.3) is 0 Å². The minimum atomic E-state index is -0.110. The molecule has 1 aliphatic carbocycles. The second-order valence-corrected chi connectivity index (χ2v) is 12.6. The molecular formula is C30H28N8O2S2. The summed E-state index contributed by atoms with van der Waals surface area (Å²) in [5.74, 6) is 0.260. The Hall–Kier alpha value is -4.42. The molecule has 0 aliphatic heterocycles. The number of carbonyl (C=O) groups is 2. The van der Waals surface area contributed by atoms with Crippen LogP contribution in [-0.4, -0.2) is 42.2 Å². The lowest BCUT2D eigenvalue weighted by atomic mass is 9.82. The van der Waals surface area contributed by atoms with Gasteiger partial charge in [0, 0.05) is 46.0 Å². The van der Waals surface area contributed by atoms with Crippen molar-refractivity contribution in [2.45, 2.75) is 50.4 Å². The van der Waals surface area contributed by atoms with Crippen molar-refractivity contribution in [3.8, 4) is 0 Å². The summed E-state index contributed by atoms with van der Waals surface area (Å²) in [5, 5.41) is 28.3. The number of nitrogens with zero attached hydrogens (tertiary/aromatic N) is 4. The highest BCUT2D eigenvalue weighted by Gasteiger charge is 2.29. The fourth-order valence-corrected chi connectivity index (χ4v) is 7.63. The van der Waals surface area contributed by atoms with Gasteiger partial charge >= 0.3 is 0 Å². The largest absolute Gasteiger partial charge is 0.361 e. The van der Waals surface area contributed by atoms with E-state index in [1.807, 2.05) is 60.9 Å². The van der Waals surface area contributed by atoms with Crippen LogP contribution < -0.4 is 10.6 Å². The molecule has 1 saturated carbocycles. The lowest BCUT2D eigenvalue weighted by molar-refractivity contribution is -0.116. The van der Waals surface area contributed by atoms with E-state index < -0.39 is 0 Å². The standard InChI is InChI=1S/C30H28N8O2S2/c39-25(15-17-4-2-8-23-21(17)10-12-31-23)33-29-37-35-27(41-29)19-6-1-7-20(14-19)28-36-38-30(42-28)34-26(40)16-18-5-3-9-24-22(18)11-13-32-24/h2-5,8-13,19-20,31-32H,1,6-7,14-16H2,(H,33,37,39)(H,34,38,40)/t19-,20-/m1/s1. The van der Waals surface area contributed by atoms with Crippen LogP contribution in [0.5, 0.6) is 0 Å². The average Bonchev–Trinajstić information content (AvgIpc) is 3.81. The topological polar surface area (TPSA) is 141 Å². The van der Waals surface area contributed by atoms with E-state index in [9.17, 15) is 9.59 Å². The number of hydrogen-bond donors (Lipinski definition) is 4. The first-order chi connectivity index (χ1) is 20.6. The van der Waals surface area contributed by atoms with Crippen LogP contribution >= 0.6 is 22.7 Å². The molecular weight excluding hydrogens is 569 g/mol. The first-order valence-corrected chi connectivity index (χ1v) is 15.6. The van der Waals surface area contributed by atoms with Crippen LogP contribution in [-0.2, 0) is 22.4 Å². The smallest absolute Gasteiger partial charge is 0.230 e. The molecule has 4 heterocycles. The van der Waals surface area contributed by atoms with E-state index in [-0.39, 0.29) is 36.5 Å². The first kappa shape index (κ1) is 26.5. The Labute approximate surface area is 249 Å². The fraction of sp³-hybridized carbons (Fsp3) is 0.267. The predicted octanol–water partition coefficient (Wildman–Crippen LogP) is 6.16. The summed E-state index contributed by atoms with van der Waals surface area (Å²) in [5.41, 5.74) is 3.97. The summed E-state index contributed by atoms with van der Waals surface area (Å²) in [6, 6.07) is 15.8. The number of amides is 2. The number of benzene rings is 2. The van der Waals surface area contributed by atoms with Gasteiger partial charge in [-0.2, -0.15) is 0 Å². The number of aromatic amines is 2. The Bertz CT molecular complexity index is 1750. The van der Waals surface area contributed by atoms with Gasteiger partial charge in [0.05, 0.1) is 12.8 Å². The number of anilines is 2. The molecule has 4 aromatic heterocycles. The van der Waals surface area contributed by atoms with E-state index in [0.29, 0.717) is 10.3 Å². The molecule has 0 spiro atoms. The summed E-state index contributed by atoms with van der Waals surface area (Å²) >= 11 is 2.89. The summed E-state index contributed by atoms with van der Waals surface area (Å²) in [7, 11) is 0. The van der Waals surface area contributed by atoms with E-state index in [2.05, 4.69) is 41.0 Å². The van der Waals surface area contributed by atoms with Crippen LogP contribution in [0, 0.1) is 0 Å². The molecule has 7 rings (SSSR count). The van der Waals surface area contributed by atoms with Gasteiger partial charge in [0.2, 0.25) is 22.1 Å². The third-order valence-electron chi connectivity index (χ3n) is 7.82. The molecule has 10 nitrogen and oxygen atoms in total. The van der Waals surface area contributed by atoms with Crippen LogP contribution in [0.15, 0.2) is 60.9 Å². The molecule has 1 aliphatic rings. The Morgan fingerprint density at radius 1 is 0.714 bits per heavy atom. The number of aromatic nitrogens is 6. The minimum absolute atomic E-state index is 0.110. The van der Waals surface area contributed by atoms with Gasteiger partial charge in [-0.3, -0.25) is 9.59 Å².